The van der Waals surface area contributed by atoms with Crippen LogP contribution in [0.25, 0.3) is 11.1 Å². The van der Waals surface area contributed by atoms with Crippen LogP contribution in [0, 0.1) is 20.2 Å². The van der Waals surface area contributed by atoms with Gasteiger partial charge in [0.15, 0.2) is 0 Å². The van der Waals surface area contributed by atoms with Gasteiger partial charge in [0.2, 0.25) is 0 Å². The number of rotatable bonds is 3. The highest BCUT2D eigenvalue weighted by molar-refractivity contribution is 5.78. The lowest BCUT2D eigenvalue weighted by Gasteiger charge is -2.03. The number of hydrogen-bond donors (Lipinski definition) is 0. The van der Waals surface area contributed by atoms with Crippen LogP contribution in [0.15, 0.2) is 42.6 Å². The van der Waals surface area contributed by atoms with Crippen LogP contribution < -0.4 is 0 Å². The predicted molar refractivity (Wildman–Crippen MR) is 63.0 cm³/mol. The number of pyridine rings is 1. The fraction of sp³-hybridized carbons (Fsp3) is 0. The fourth-order valence-electron chi connectivity index (χ4n) is 1.61. The van der Waals surface area contributed by atoms with E-state index in [1.807, 2.05) is 0 Å². The summed E-state index contributed by atoms with van der Waals surface area (Å²) in [5.41, 5.74) is 0.130. The normalized spacial score (nSPS) is 10.0. The molecule has 0 aliphatic heterocycles. The molecule has 0 bridgehead atoms. The molecule has 0 aliphatic carbocycles. The Hall–Kier alpha value is -2.83. The van der Waals surface area contributed by atoms with Gasteiger partial charge in [-0.2, -0.15) is 0 Å². The van der Waals surface area contributed by atoms with Crippen molar-refractivity contribution in [2.75, 3.05) is 0 Å². The minimum absolute atomic E-state index is 0.134. The SMILES string of the molecule is O=[N+]([O-])c1ccccc1-c1cccnc1[N+](=O)[O-]. The van der Waals surface area contributed by atoms with Crippen molar-refractivity contribution in [1.29, 1.82) is 0 Å². The third-order valence-corrected chi connectivity index (χ3v) is 2.35. The lowest BCUT2D eigenvalue weighted by molar-refractivity contribution is -0.389. The van der Waals surface area contributed by atoms with E-state index < -0.39 is 15.7 Å². The van der Waals surface area contributed by atoms with Gasteiger partial charge in [-0.15, -0.1) is 0 Å². The molecular weight excluding hydrogens is 238 g/mol. The van der Waals surface area contributed by atoms with E-state index in [9.17, 15) is 20.2 Å². The smallest absolute Gasteiger partial charge is 0.358 e. The second kappa shape index (κ2) is 4.58. The van der Waals surface area contributed by atoms with E-state index in [1.54, 1.807) is 6.07 Å². The van der Waals surface area contributed by atoms with Gasteiger partial charge >= 0.3 is 5.82 Å². The average Bonchev–Trinajstić information content (AvgIpc) is 2.38. The zero-order valence-electron chi connectivity index (χ0n) is 9.02. The molecule has 0 fully saturated rings. The Labute approximate surface area is 101 Å². The van der Waals surface area contributed by atoms with E-state index in [0.29, 0.717) is 0 Å². The Bertz CT molecular complexity index is 572. The molecule has 0 radical (unpaired) electrons. The molecule has 0 saturated carbocycles. The summed E-state index contributed by atoms with van der Waals surface area (Å²) >= 11 is 0. The van der Waals surface area contributed by atoms with Gasteiger partial charge in [0, 0.05) is 6.07 Å². The van der Waals surface area contributed by atoms with Gasteiger partial charge < -0.3 is 10.1 Å². The zero-order valence-corrected chi connectivity index (χ0v) is 9.02. The van der Waals surface area contributed by atoms with E-state index in [-0.39, 0.29) is 16.8 Å². The van der Waals surface area contributed by atoms with E-state index in [1.165, 1.54) is 36.5 Å². The molecule has 7 heteroatoms. The van der Waals surface area contributed by atoms with Crippen molar-refractivity contribution < 1.29 is 9.85 Å². The maximum Gasteiger partial charge on any atom is 0.371 e. The number of hydrogen-bond acceptors (Lipinski definition) is 5. The molecule has 18 heavy (non-hydrogen) atoms. The minimum Gasteiger partial charge on any atom is -0.358 e. The van der Waals surface area contributed by atoms with Crippen molar-refractivity contribution in [2.45, 2.75) is 0 Å². The number of nitrogens with zero attached hydrogens (tertiary/aromatic N) is 3. The fourth-order valence-corrected chi connectivity index (χ4v) is 1.61. The topological polar surface area (TPSA) is 99.2 Å². The second-order valence-electron chi connectivity index (χ2n) is 3.41. The van der Waals surface area contributed by atoms with Gasteiger partial charge in [0.1, 0.15) is 6.20 Å². The highest BCUT2D eigenvalue weighted by Gasteiger charge is 2.22. The molecule has 0 N–H and O–H groups in total. The first-order valence-electron chi connectivity index (χ1n) is 4.94. The summed E-state index contributed by atoms with van der Waals surface area (Å²) in [6, 6.07) is 8.78. The van der Waals surface area contributed by atoms with Crippen LogP contribution in [0.4, 0.5) is 11.5 Å². The Kier molecular flexibility index (Phi) is 2.96. The maximum absolute atomic E-state index is 10.9. The maximum atomic E-state index is 10.9. The van der Waals surface area contributed by atoms with Crippen LogP contribution in [0.5, 0.6) is 0 Å². The third-order valence-electron chi connectivity index (χ3n) is 2.35. The summed E-state index contributed by atoms with van der Waals surface area (Å²) in [4.78, 5) is 24.1. The molecule has 0 atom stereocenters. The first kappa shape index (κ1) is 11.6. The molecule has 0 amide bonds. The summed E-state index contributed by atoms with van der Waals surface area (Å²) < 4.78 is 0. The largest absolute Gasteiger partial charge is 0.371 e. The number of nitro groups is 2. The monoisotopic (exact) mass is 245 g/mol. The summed E-state index contributed by atoms with van der Waals surface area (Å²) in [6.45, 7) is 0. The molecule has 0 aliphatic rings. The Balaban J connectivity index is 2.70. The first-order valence-corrected chi connectivity index (χ1v) is 4.94. The quantitative estimate of drug-likeness (QED) is 0.611. The molecule has 0 saturated heterocycles. The first-order chi connectivity index (χ1) is 8.61. The number of para-hydroxylation sites is 1. The average molecular weight is 245 g/mol. The summed E-state index contributed by atoms with van der Waals surface area (Å²) in [5.74, 6) is -0.396. The minimum atomic E-state index is -0.661. The van der Waals surface area contributed by atoms with Gasteiger partial charge in [-0.1, -0.05) is 12.1 Å². The Morgan fingerprint density at radius 2 is 1.56 bits per heavy atom. The summed E-state index contributed by atoms with van der Waals surface area (Å²) in [6.07, 6.45) is 1.27. The molecule has 1 heterocycles. The summed E-state index contributed by atoms with van der Waals surface area (Å²) in [7, 11) is 0. The highest BCUT2D eigenvalue weighted by Crippen LogP contribution is 2.34. The molecule has 2 rings (SSSR count). The molecule has 7 nitrogen and oxygen atoms in total. The molecule has 90 valence electrons. The summed E-state index contributed by atoms with van der Waals surface area (Å²) in [5, 5.41) is 21.7. The molecule has 0 spiro atoms. The molecule has 1 aromatic carbocycles. The predicted octanol–water partition coefficient (Wildman–Crippen LogP) is 2.57. The van der Waals surface area contributed by atoms with Crippen molar-refractivity contribution in [3.63, 3.8) is 0 Å². The van der Waals surface area contributed by atoms with Crippen LogP contribution in [-0.2, 0) is 0 Å². The molecule has 2 aromatic rings. The number of aromatic nitrogens is 1. The van der Waals surface area contributed by atoms with Crippen LogP contribution in [0.3, 0.4) is 0 Å². The van der Waals surface area contributed by atoms with Crippen LogP contribution in [0.2, 0.25) is 0 Å². The van der Waals surface area contributed by atoms with Crippen molar-refractivity contribution in [3.05, 3.63) is 62.8 Å². The number of benzene rings is 1. The van der Waals surface area contributed by atoms with Gasteiger partial charge in [-0.05, 0) is 28.1 Å². The molecule has 0 unspecified atom stereocenters. The van der Waals surface area contributed by atoms with Gasteiger partial charge in [-0.25, -0.2) is 0 Å². The second-order valence-corrected chi connectivity index (χ2v) is 3.41. The number of nitro benzene ring substituents is 1. The van der Waals surface area contributed by atoms with Crippen LogP contribution in [-0.4, -0.2) is 14.8 Å². The van der Waals surface area contributed by atoms with E-state index >= 15 is 0 Å². The lowest BCUT2D eigenvalue weighted by atomic mass is 10.0. The lowest BCUT2D eigenvalue weighted by Crippen LogP contribution is -1.97. The zero-order chi connectivity index (χ0) is 13.1. The van der Waals surface area contributed by atoms with Crippen molar-refractivity contribution in [3.8, 4) is 11.1 Å². The van der Waals surface area contributed by atoms with Crippen LogP contribution in [0.1, 0.15) is 0 Å². The molecule has 1 aromatic heterocycles. The standard InChI is InChI=1S/C11H7N3O4/c15-13(16)10-6-2-1-4-8(10)9-5-3-7-12-11(9)14(17)18/h1-7H. The van der Waals surface area contributed by atoms with Crippen molar-refractivity contribution >= 4 is 11.5 Å². The van der Waals surface area contributed by atoms with Gasteiger partial charge in [-0.3, -0.25) is 10.1 Å². The Morgan fingerprint density at radius 3 is 2.22 bits per heavy atom. The molecular formula is C11H7N3O4. The third kappa shape index (κ3) is 2.01. The Morgan fingerprint density at radius 1 is 0.889 bits per heavy atom. The van der Waals surface area contributed by atoms with E-state index in [2.05, 4.69) is 4.98 Å². The highest BCUT2D eigenvalue weighted by atomic mass is 16.6. The van der Waals surface area contributed by atoms with Crippen molar-refractivity contribution in [1.82, 2.24) is 4.98 Å². The van der Waals surface area contributed by atoms with Gasteiger partial charge in [0.05, 0.1) is 16.1 Å². The van der Waals surface area contributed by atoms with Gasteiger partial charge in [0.25, 0.3) is 5.69 Å². The van der Waals surface area contributed by atoms with Crippen LogP contribution >= 0.6 is 0 Å². The van der Waals surface area contributed by atoms with E-state index in [4.69, 9.17) is 0 Å². The van der Waals surface area contributed by atoms with E-state index in [0.717, 1.165) is 0 Å². The van der Waals surface area contributed by atoms with Crippen molar-refractivity contribution in [2.24, 2.45) is 0 Å².